The normalized spacial score (nSPS) is 9.94. The van der Waals surface area contributed by atoms with Crippen LogP contribution in [0.4, 0.5) is 0 Å². The van der Waals surface area contributed by atoms with Crippen LogP contribution < -0.4 is 0 Å². The second kappa shape index (κ2) is 5.21. The lowest BCUT2D eigenvalue weighted by molar-refractivity contribution is 0.0526. The Kier molecular flexibility index (Phi) is 3.45. The average Bonchev–Trinajstić information content (AvgIpc) is 2.40. The number of esters is 1. The average molecular weight is 228 g/mol. The molecule has 0 fully saturated rings. The zero-order valence-electron chi connectivity index (χ0n) is 9.46. The van der Waals surface area contributed by atoms with Crippen LogP contribution in [0, 0.1) is 0 Å². The fraction of sp³-hybridized carbons (Fsp3) is 0.154. The van der Waals surface area contributed by atoms with Crippen LogP contribution in [0.25, 0.3) is 11.4 Å². The third-order valence-corrected chi connectivity index (χ3v) is 2.20. The molecule has 2 aromatic rings. The first-order valence-corrected chi connectivity index (χ1v) is 5.36. The van der Waals surface area contributed by atoms with Crippen LogP contribution >= 0.6 is 0 Å². The molecule has 86 valence electrons. The number of ether oxygens (including phenoxy) is 1. The van der Waals surface area contributed by atoms with Crippen molar-refractivity contribution in [1.29, 1.82) is 0 Å². The highest BCUT2D eigenvalue weighted by Crippen LogP contribution is 2.16. The molecule has 0 aliphatic carbocycles. The number of rotatable bonds is 3. The van der Waals surface area contributed by atoms with Crippen molar-refractivity contribution in [2.24, 2.45) is 0 Å². The molecule has 0 amide bonds. The highest BCUT2D eigenvalue weighted by Gasteiger charge is 2.08. The van der Waals surface area contributed by atoms with Crippen molar-refractivity contribution in [2.45, 2.75) is 6.92 Å². The summed E-state index contributed by atoms with van der Waals surface area (Å²) in [5, 5.41) is 0. The number of carbonyl (C=O) groups excluding carboxylic acids is 1. The Hall–Kier alpha value is -2.23. The van der Waals surface area contributed by atoms with E-state index >= 15 is 0 Å². The van der Waals surface area contributed by atoms with Crippen LogP contribution in [-0.2, 0) is 4.74 Å². The van der Waals surface area contributed by atoms with E-state index in [0.29, 0.717) is 18.0 Å². The van der Waals surface area contributed by atoms with Crippen molar-refractivity contribution in [1.82, 2.24) is 9.97 Å². The molecule has 0 atom stereocenters. The van der Waals surface area contributed by atoms with E-state index in [4.69, 9.17) is 4.74 Å². The van der Waals surface area contributed by atoms with E-state index in [1.54, 1.807) is 43.6 Å². The van der Waals surface area contributed by atoms with Gasteiger partial charge in [-0.05, 0) is 25.1 Å². The maximum atomic E-state index is 11.6. The number of benzene rings is 1. The van der Waals surface area contributed by atoms with Crippen molar-refractivity contribution in [3.63, 3.8) is 0 Å². The molecule has 4 nitrogen and oxygen atoms in total. The third kappa shape index (κ3) is 2.66. The van der Waals surface area contributed by atoms with Gasteiger partial charge >= 0.3 is 5.97 Å². The molecule has 0 aliphatic heterocycles. The van der Waals surface area contributed by atoms with E-state index in [0.717, 1.165) is 5.56 Å². The first-order valence-electron chi connectivity index (χ1n) is 5.36. The lowest BCUT2D eigenvalue weighted by atomic mass is 10.1. The van der Waals surface area contributed by atoms with Crippen molar-refractivity contribution >= 4 is 5.97 Å². The zero-order chi connectivity index (χ0) is 12.1. The summed E-state index contributed by atoms with van der Waals surface area (Å²) in [4.78, 5) is 19.8. The van der Waals surface area contributed by atoms with Gasteiger partial charge in [0.1, 0.15) is 0 Å². The van der Waals surface area contributed by atoms with Crippen LogP contribution in [-0.4, -0.2) is 22.5 Å². The predicted molar refractivity (Wildman–Crippen MR) is 63.4 cm³/mol. The van der Waals surface area contributed by atoms with Crippen LogP contribution in [0.1, 0.15) is 17.3 Å². The fourth-order valence-electron chi connectivity index (χ4n) is 1.45. The SMILES string of the molecule is CCOC(=O)c1cccc(-c2ncccn2)c1. The topological polar surface area (TPSA) is 52.1 Å². The highest BCUT2D eigenvalue weighted by molar-refractivity contribution is 5.90. The minimum absolute atomic E-state index is 0.328. The molecular formula is C13H12N2O2. The largest absolute Gasteiger partial charge is 0.462 e. The van der Waals surface area contributed by atoms with E-state index in [1.807, 2.05) is 6.07 Å². The summed E-state index contributed by atoms with van der Waals surface area (Å²) < 4.78 is 4.94. The molecule has 0 aliphatic rings. The molecule has 1 aromatic carbocycles. The number of hydrogen-bond acceptors (Lipinski definition) is 4. The quantitative estimate of drug-likeness (QED) is 0.756. The minimum atomic E-state index is -0.328. The van der Waals surface area contributed by atoms with E-state index in [9.17, 15) is 4.79 Å². The Morgan fingerprint density at radius 3 is 2.71 bits per heavy atom. The zero-order valence-corrected chi connectivity index (χ0v) is 9.46. The lowest BCUT2D eigenvalue weighted by Gasteiger charge is -2.03. The summed E-state index contributed by atoms with van der Waals surface area (Å²) in [7, 11) is 0. The molecule has 4 heteroatoms. The van der Waals surface area contributed by atoms with Gasteiger partial charge in [-0.3, -0.25) is 0 Å². The summed E-state index contributed by atoms with van der Waals surface area (Å²) in [6.07, 6.45) is 3.33. The van der Waals surface area contributed by atoms with Crippen LogP contribution in [0.3, 0.4) is 0 Å². The minimum Gasteiger partial charge on any atom is -0.462 e. The Balaban J connectivity index is 2.32. The fourth-order valence-corrected chi connectivity index (χ4v) is 1.45. The van der Waals surface area contributed by atoms with Gasteiger partial charge in [-0.15, -0.1) is 0 Å². The molecule has 0 N–H and O–H groups in total. The van der Waals surface area contributed by atoms with Gasteiger partial charge in [0.15, 0.2) is 5.82 Å². The predicted octanol–water partition coefficient (Wildman–Crippen LogP) is 2.32. The van der Waals surface area contributed by atoms with E-state index in [2.05, 4.69) is 9.97 Å². The monoisotopic (exact) mass is 228 g/mol. The van der Waals surface area contributed by atoms with Gasteiger partial charge in [0, 0.05) is 18.0 Å². The van der Waals surface area contributed by atoms with Gasteiger partial charge < -0.3 is 4.74 Å². The summed E-state index contributed by atoms with van der Waals surface area (Å²) in [5.74, 6) is 0.268. The molecule has 1 heterocycles. The standard InChI is InChI=1S/C13H12N2O2/c1-2-17-13(16)11-6-3-5-10(9-11)12-14-7-4-8-15-12/h3-9H,2H2,1H3. The Morgan fingerprint density at radius 2 is 2.00 bits per heavy atom. The second-order valence-electron chi connectivity index (χ2n) is 3.37. The van der Waals surface area contributed by atoms with Crippen molar-refractivity contribution in [3.05, 3.63) is 48.3 Å². The lowest BCUT2D eigenvalue weighted by Crippen LogP contribution is -2.04. The third-order valence-electron chi connectivity index (χ3n) is 2.20. The van der Waals surface area contributed by atoms with Crippen LogP contribution in [0.5, 0.6) is 0 Å². The molecule has 0 spiro atoms. The molecule has 0 radical (unpaired) electrons. The highest BCUT2D eigenvalue weighted by atomic mass is 16.5. The molecular weight excluding hydrogens is 216 g/mol. The van der Waals surface area contributed by atoms with Gasteiger partial charge in [-0.25, -0.2) is 14.8 Å². The van der Waals surface area contributed by atoms with E-state index in [-0.39, 0.29) is 5.97 Å². The summed E-state index contributed by atoms with van der Waals surface area (Å²) in [5.41, 5.74) is 1.31. The summed E-state index contributed by atoms with van der Waals surface area (Å²) in [6.45, 7) is 2.15. The van der Waals surface area contributed by atoms with Crippen molar-refractivity contribution in [2.75, 3.05) is 6.61 Å². The second-order valence-corrected chi connectivity index (χ2v) is 3.37. The Bertz CT molecular complexity index is 512. The van der Waals surface area contributed by atoms with E-state index < -0.39 is 0 Å². The molecule has 2 rings (SSSR count). The van der Waals surface area contributed by atoms with Gasteiger partial charge in [-0.1, -0.05) is 12.1 Å². The molecule has 0 bridgehead atoms. The molecule has 0 saturated carbocycles. The molecule has 1 aromatic heterocycles. The van der Waals surface area contributed by atoms with Gasteiger partial charge in [0.2, 0.25) is 0 Å². The smallest absolute Gasteiger partial charge is 0.338 e. The van der Waals surface area contributed by atoms with Gasteiger partial charge in [0.25, 0.3) is 0 Å². The summed E-state index contributed by atoms with van der Waals surface area (Å²) >= 11 is 0. The van der Waals surface area contributed by atoms with Crippen LogP contribution in [0.15, 0.2) is 42.7 Å². The number of carbonyl (C=O) groups is 1. The first kappa shape index (κ1) is 11.3. The number of aromatic nitrogens is 2. The molecule has 0 unspecified atom stereocenters. The molecule has 0 saturated heterocycles. The first-order chi connectivity index (χ1) is 8.31. The maximum absolute atomic E-state index is 11.6. The maximum Gasteiger partial charge on any atom is 0.338 e. The summed E-state index contributed by atoms with van der Waals surface area (Å²) in [6, 6.07) is 8.84. The van der Waals surface area contributed by atoms with Crippen molar-refractivity contribution < 1.29 is 9.53 Å². The van der Waals surface area contributed by atoms with E-state index in [1.165, 1.54) is 0 Å². The number of nitrogens with zero attached hydrogens (tertiary/aromatic N) is 2. The van der Waals surface area contributed by atoms with Gasteiger partial charge in [0.05, 0.1) is 12.2 Å². The van der Waals surface area contributed by atoms with Crippen molar-refractivity contribution in [3.8, 4) is 11.4 Å². The van der Waals surface area contributed by atoms with Crippen LogP contribution in [0.2, 0.25) is 0 Å². The van der Waals surface area contributed by atoms with Gasteiger partial charge in [-0.2, -0.15) is 0 Å². The Labute approximate surface area is 99.3 Å². The number of hydrogen-bond donors (Lipinski definition) is 0. The molecule has 17 heavy (non-hydrogen) atoms. The Morgan fingerprint density at radius 1 is 1.24 bits per heavy atom.